The van der Waals surface area contributed by atoms with Crippen LogP contribution in [-0.4, -0.2) is 46.9 Å². The van der Waals surface area contributed by atoms with E-state index >= 15 is 0 Å². The predicted octanol–water partition coefficient (Wildman–Crippen LogP) is 3.26. The van der Waals surface area contributed by atoms with Crippen molar-refractivity contribution in [1.82, 2.24) is 14.8 Å². The van der Waals surface area contributed by atoms with Crippen molar-refractivity contribution in [2.45, 2.75) is 13.5 Å². The molecule has 0 radical (unpaired) electrons. The number of benzene rings is 1. The van der Waals surface area contributed by atoms with Gasteiger partial charge in [0.2, 0.25) is 0 Å². The number of piperazine rings is 1. The van der Waals surface area contributed by atoms with Crippen LogP contribution in [0.4, 0.5) is 5.69 Å². The molecule has 1 aliphatic heterocycles. The fourth-order valence-electron chi connectivity index (χ4n) is 2.67. The highest BCUT2D eigenvalue weighted by atomic mass is 35.5. The molecule has 0 saturated carbocycles. The molecular weight excluding hydrogens is 403 g/mol. The van der Waals surface area contributed by atoms with Crippen LogP contribution < -0.4 is 5.73 Å². The lowest BCUT2D eigenvalue weighted by molar-refractivity contribution is 0.0627. The summed E-state index contributed by atoms with van der Waals surface area (Å²) < 4.78 is 0. The smallest absolute Gasteiger partial charge is 0.254 e. The van der Waals surface area contributed by atoms with E-state index in [9.17, 15) is 4.79 Å². The van der Waals surface area contributed by atoms with Gasteiger partial charge in [-0.05, 0) is 25.1 Å². The van der Waals surface area contributed by atoms with Crippen molar-refractivity contribution in [3.63, 3.8) is 0 Å². The Balaban J connectivity index is 0.00000192. The van der Waals surface area contributed by atoms with Crippen LogP contribution >= 0.6 is 48.6 Å². The second-order valence-electron chi connectivity index (χ2n) is 5.55. The normalized spacial score (nSPS) is 14.0. The second kappa shape index (κ2) is 10.8. The van der Waals surface area contributed by atoms with Gasteiger partial charge in [0.25, 0.3) is 5.91 Å². The molecule has 1 aromatic carbocycles. The van der Waals surface area contributed by atoms with Gasteiger partial charge in [0.05, 0.1) is 10.7 Å². The first-order valence-electron chi connectivity index (χ1n) is 7.40. The molecule has 1 aliphatic rings. The average molecular weight is 426 g/mol. The van der Waals surface area contributed by atoms with Gasteiger partial charge in [0.1, 0.15) is 0 Å². The molecule has 0 aliphatic carbocycles. The van der Waals surface area contributed by atoms with Gasteiger partial charge in [0, 0.05) is 49.4 Å². The Morgan fingerprint density at radius 2 is 1.88 bits per heavy atom. The molecule has 140 valence electrons. The number of nitrogens with two attached hydrogens (primary N) is 1. The Morgan fingerprint density at radius 1 is 1.20 bits per heavy atom. The number of nitrogen functional groups attached to an aromatic ring is 1. The maximum Gasteiger partial charge on any atom is 0.254 e. The standard InChI is InChI=1S/C16H20N4OS.3ClH/c1-12-18-15(11-22-12)10-19-5-7-20(8-6-19)16(21)13-3-2-4-14(17)9-13;;;/h2-4,9,11H,5-8,10,17H2,1H3;3*1H. The molecular formula is C16H23Cl3N4OS. The average Bonchev–Trinajstić information content (AvgIpc) is 2.92. The number of rotatable bonds is 3. The van der Waals surface area contributed by atoms with E-state index in [1.807, 2.05) is 24.0 Å². The molecule has 0 atom stereocenters. The first-order valence-corrected chi connectivity index (χ1v) is 8.28. The molecule has 2 heterocycles. The van der Waals surface area contributed by atoms with Crippen molar-refractivity contribution < 1.29 is 4.79 Å². The van der Waals surface area contributed by atoms with Gasteiger partial charge in [-0.25, -0.2) is 4.98 Å². The predicted molar refractivity (Wildman–Crippen MR) is 111 cm³/mol. The summed E-state index contributed by atoms with van der Waals surface area (Å²) in [7, 11) is 0. The minimum absolute atomic E-state index is 0. The molecule has 2 N–H and O–H groups in total. The van der Waals surface area contributed by atoms with Crippen LogP contribution in [0.25, 0.3) is 0 Å². The molecule has 1 saturated heterocycles. The Kier molecular flexibility index (Phi) is 10.4. The highest BCUT2D eigenvalue weighted by Gasteiger charge is 2.22. The second-order valence-corrected chi connectivity index (χ2v) is 6.61. The molecule has 0 spiro atoms. The largest absolute Gasteiger partial charge is 0.399 e. The zero-order valence-electron chi connectivity index (χ0n) is 13.9. The van der Waals surface area contributed by atoms with E-state index in [0.717, 1.165) is 43.4 Å². The van der Waals surface area contributed by atoms with Crippen LogP contribution in [0.1, 0.15) is 21.1 Å². The van der Waals surface area contributed by atoms with Crippen LogP contribution in [-0.2, 0) is 6.54 Å². The summed E-state index contributed by atoms with van der Waals surface area (Å²) >= 11 is 1.68. The van der Waals surface area contributed by atoms with Gasteiger partial charge in [-0.1, -0.05) is 6.07 Å². The van der Waals surface area contributed by atoms with E-state index in [2.05, 4.69) is 15.3 Å². The molecule has 1 fully saturated rings. The molecule has 1 amide bonds. The Morgan fingerprint density at radius 3 is 2.44 bits per heavy atom. The van der Waals surface area contributed by atoms with Crippen LogP contribution in [0, 0.1) is 6.92 Å². The number of nitrogens with zero attached hydrogens (tertiary/aromatic N) is 3. The van der Waals surface area contributed by atoms with Gasteiger partial charge >= 0.3 is 0 Å². The maximum atomic E-state index is 12.5. The van der Waals surface area contributed by atoms with E-state index in [4.69, 9.17) is 5.73 Å². The van der Waals surface area contributed by atoms with Crippen LogP contribution in [0.5, 0.6) is 0 Å². The Hall–Kier alpha value is -1.05. The van der Waals surface area contributed by atoms with Crippen molar-refractivity contribution >= 4 is 60.2 Å². The first-order chi connectivity index (χ1) is 10.6. The Bertz CT molecular complexity index is 675. The van der Waals surface area contributed by atoms with Gasteiger partial charge in [-0.15, -0.1) is 48.6 Å². The Labute approximate surface area is 170 Å². The molecule has 3 rings (SSSR count). The number of thiazole rings is 1. The number of hydrogen-bond donors (Lipinski definition) is 1. The minimum atomic E-state index is 0. The third-order valence-corrected chi connectivity index (χ3v) is 4.67. The van der Waals surface area contributed by atoms with Gasteiger partial charge < -0.3 is 10.6 Å². The number of hydrogen-bond acceptors (Lipinski definition) is 5. The summed E-state index contributed by atoms with van der Waals surface area (Å²) in [6, 6.07) is 7.18. The van der Waals surface area contributed by atoms with Crippen LogP contribution in [0.3, 0.4) is 0 Å². The quantitative estimate of drug-likeness (QED) is 0.767. The van der Waals surface area contributed by atoms with Crippen LogP contribution in [0.15, 0.2) is 29.6 Å². The fraction of sp³-hybridized carbons (Fsp3) is 0.375. The van der Waals surface area contributed by atoms with Crippen molar-refractivity contribution in [1.29, 1.82) is 0 Å². The topological polar surface area (TPSA) is 62.5 Å². The number of aryl methyl sites for hydroxylation is 1. The molecule has 2 aromatic rings. The number of carbonyl (C=O) groups is 1. The molecule has 0 unspecified atom stereocenters. The summed E-state index contributed by atoms with van der Waals surface area (Å²) in [6.07, 6.45) is 0. The van der Waals surface area contributed by atoms with Crippen molar-refractivity contribution in [3.05, 3.63) is 45.9 Å². The van der Waals surface area contributed by atoms with Gasteiger partial charge in [0.15, 0.2) is 0 Å². The fourth-order valence-corrected chi connectivity index (χ4v) is 3.28. The van der Waals surface area contributed by atoms with Crippen molar-refractivity contribution in [2.75, 3.05) is 31.9 Å². The van der Waals surface area contributed by atoms with E-state index in [1.165, 1.54) is 0 Å². The number of anilines is 1. The summed E-state index contributed by atoms with van der Waals surface area (Å²) in [4.78, 5) is 21.2. The number of carbonyl (C=O) groups excluding carboxylic acids is 1. The van der Waals surface area contributed by atoms with Crippen LogP contribution in [0.2, 0.25) is 0 Å². The molecule has 1 aromatic heterocycles. The van der Waals surface area contributed by atoms with E-state index in [0.29, 0.717) is 11.3 Å². The van der Waals surface area contributed by atoms with E-state index in [-0.39, 0.29) is 43.1 Å². The zero-order chi connectivity index (χ0) is 15.5. The van der Waals surface area contributed by atoms with E-state index in [1.54, 1.807) is 23.5 Å². The minimum Gasteiger partial charge on any atom is -0.399 e. The molecule has 5 nitrogen and oxygen atoms in total. The number of amides is 1. The van der Waals surface area contributed by atoms with Gasteiger partial charge in [-0.3, -0.25) is 9.69 Å². The van der Waals surface area contributed by atoms with Crippen molar-refractivity contribution in [3.8, 4) is 0 Å². The lowest BCUT2D eigenvalue weighted by atomic mass is 10.1. The summed E-state index contributed by atoms with van der Waals surface area (Å²) in [5, 5.41) is 3.21. The van der Waals surface area contributed by atoms with Gasteiger partial charge in [-0.2, -0.15) is 0 Å². The first kappa shape index (κ1) is 23.9. The molecule has 0 bridgehead atoms. The summed E-state index contributed by atoms with van der Waals surface area (Å²) in [5.74, 6) is 0.0662. The highest BCUT2D eigenvalue weighted by molar-refractivity contribution is 7.09. The monoisotopic (exact) mass is 424 g/mol. The molecule has 9 heteroatoms. The van der Waals surface area contributed by atoms with E-state index < -0.39 is 0 Å². The molecule has 25 heavy (non-hydrogen) atoms. The third-order valence-electron chi connectivity index (χ3n) is 3.85. The number of aromatic nitrogens is 1. The summed E-state index contributed by atoms with van der Waals surface area (Å²) in [5.41, 5.74) is 8.17. The van der Waals surface area contributed by atoms with Crippen molar-refractivity contribution in [2.24, 2.45) is 0 Å². The third kappa shape index (κ3) is 6.31. The number of halogens is 3. The lowest BCUT2D eigenvalue weighted by Gasteiger charge is -2.34. The highest BCUT2D eigenvalue weighted by Crippen LogP contribution is 2.14. The lowest BCUT2D eigenvalue weighted by Crippen LogP contribution is -2.48. The summed E-state index contributed by atoms with van der Waals surface area (Å²) in [6.45, 7) is 6.14. The zero-order valence-corrected chi connectivity index (χ0v) is 17.1. The maximum absolute atomic E-state index is 12.5. The SMILES string of the molecule is Cc1nc(CN2CCN(C(=O)c3cccc(N)c3)CC2)cs1.Cl.Cl.Cl.